The Balaban J connectivity index is 1.69. The molecule has 2 fully saturated rings. The number of amides is 2. The lowest BCUT2D eigenvalue weighted by atomic mass is 9.94. The fourth-order valence-electron chi connectivity index (χ4n) is 3.90. The molecule has 0 bridgehead atoms. The predicted molar refractivity (Wildman–Crippen MR) is 91.7 cm³/mol. The van der Waals surface area contributed by atoms with Gasteiger partial charge in [-0.2, -0.15) is 0 Å². The molecule has 2 amide bonds. The van der Waals surface area contributed by atoms with Gasteiger partial charge in [0.15, 0.2) is 0 Å². The third kappa shape index (κ3) is 3.40. The monoisotopic (exact) mass is 330 g/mol. The predicted octanol–water partition coefficient (Wildman–Crippen LogP) is 2.62. The maximum absolute atomic E-state index is 13.0. The van der Waals surface area contributed by atoms with E-state index in [1.807, 2.05) is 28.0 Å². The Bertz CT molecular complexity index is 608. The normalized spacial score (nSPS) is 21.8. The number of hydrogen-bond donors (Lipinski definition) is 0. The minimum Gasteiger partial charge on any atom is -0.497 e. The number of likely N-dealkylation sites (tertiary alicyclic amines) is 2. The first-order valence-corrected chi connectivity index (χ1v) is 8.80. The molecule has 2 aliphatic heterocycles. The van der Waals surface area contributed by atoms with Crippen LogP contribution in [0.25, 0.3) is 0 Å². The summed E-state index contributed by atoms with van der Waals surface area (Å²) in [6.45, 7) is 3.82. The zero-order valence-corrected chi connectivity index (χ0v) is 14.5. The van der Waals surface area contributed by atoms with Crippen molar-refractivity contribution in [2.45, 2.75) is 38.6 Å². The third-order valence-electron chi connectivity index (χ3n) is 5.30. The van der Waals surface area contributed by atoms with Crippen molar-refractivity contribution in [3.05, 3.63) is 29.8 Å². The summed E-state index contributed by atoms with van der Waals surface area (Å²) < 4.78 is 5.32. The van der Waals surface area contributed by atoms with Crippen LogP contribution in [0.15, 0.2) is 24.3 Å². The van der Waals surface area contributed by atoms with Gasteiger partial charge in [-0.05, 0) is 43.4 Å². The number of piperidine rings is 1. The third-order valence-corrected chi connectivity index (χ3v) is 5.30. The highest BCUT2D eigenvalue weighted by atomic mass is 16.5. The number of carbonyl (C=O) groups is 2. The van der Waals surface area contributed by atoms with Crippen molar-refractivity contribution in [1.29, 1.82) is 0 Å². The van der Waals surface area contributed by atoms with Crippen LogP contribution in [-0.2, 0) is 9.59 Å². The average Bonchev–Trinajstić information content (AvgIpc) is 3.11. The van der Waals surface area contributed by atoms with Crippen molar-refractivity contribution in [3.63, 3.8) is 0 Å². The van der Waals surface area contributed by atoms with Gasteiger partial charge in [-0.15, -0.1) is 0 Å². The van der Waals surface area contributed by atoms with Gasteiger partial charge in [0.05, 0.1) is 13.2 Å². The first-order valence-electron chi connectivity index (χ1n) is 8.80. The van der Waals surface area contributed by atoms with Crippen molar-refractivity contribution in [3.8, 4) is 5.75 Å². The molecule has 1 atom stereocenters. The summed E-state index contributed by atoms with van der Waals surface area (Å²) in [5.74, 6) is 1.24. The molecule has 24 heavy (non-hydrogen) atoms. The van der Waals surface area contributed by atoms with E-state index >= 15 is 0 Å². The number of nitrogens with zero attached hydrogens (tertiary/aromatic N) is 2. The zero-order valence-electron chi connectivity index (χ0n) is 14.5. The first-order chi connectivity index (χ1) is 11.6. The number of rotatable bonds is 3. The first kappa shape index (κ1) is 16.8. The average molecular weight is 330 g/mol. The Morgan fingerprint density at radius 3 is 2.54 bits per heavy atom. The maximum atomic E-state index is 13.0. The van der Waals surface area contributed by atoms with Crippen molar-refractivity contribution >= 4 is 11.8 Å². The van der Waals surface area contributed by atoms with E-state index in [0.29, 0.717) is 13.1 Å². The molecular formula is C19H26N2O3. The van der Waals surface area contributed by atoms with E-state index in [2.05, 4.69) is 6.07 Å². The van der Waals surface area contributed by atoms with Crippen molar-refractivity contribution in [2.75, 3.05) is 26.7 Å². The molecule has 0 N–H and O–H groups in total. The SMILES string of the molecule is COc1cccc([C@@H]2CCCN2C(=O)C2CCN(C(C)=O)CC2)c1. The van der Waals surface area contributed by atoms with Gasteiger partial charge < -0.3 is 14.5 Å². The molecule has 0 saturated carbocycles. The van der Waals surface area contributed by atoms with Crippen LogP contribution >= 0.6 is 0 Å². The van der Waals surface area contributed by atoms with Crippen molar-refractivity contribution in [2.24, 2.45) is 5.92 Å². The van der Waals surface area contributed by atoms with Crippen LogP contribution in [0.3, 0.4) is 0 Å². The number of hydrogen-bond acceptors (Lipinski definition) is 3. The highest BCUT2D eigenvalue weighted by molar-refractivity contribution is 5.80. The summed E-state index contributed by atoms with van der Waals surface area (Å²) in [7, 11) is 1.67. The summed E-state index contributed by atoms with van der Waals surface area (Å²) in [5.41, 5.74) is 1.15. The molecule has 3 rings (SSSR count). The van der Waals surface area contributed by atoms with Gasteiger partial charge >= 0.3 is 0 Å². The second kappa shape index (κ2) is 7.24. The molecule has 0 unspecified atom stereocenters. The molecule has 0 spiro atoms. The number of benzene rings is 1. The maximum Gasteiger partial charge on any atom is 0.226 e. The van der Waals surface area contributed by atoms with E-state index in [0.717, 1.165) is 43.5 Å². The fraction of sp³-hybridized carbons (Fsp3) is 0.579. The molecule has 2 aliphatic rings. The van der Waals surface area contributed by atoms with E-state index in [1.54, 1.807) is 14.0 Å². The molecule has 130 valence electrons. The van der Waals surface area contributed by atoms with Crippen LogP contribution in [0.5, 0.6) is 5.75 Å². The van der Waals surface area contributed by atoms with Gasteiger partial charge in [-0.1, -0.05) is 12.1 Å². The minimum atomic E-state index is 0.0480. The smallest absolute Gasteiger partial charge is 0.226 e. The van der Waals surface area contributed by atoms with Gasteiger partial charge in [0.1, 0.15) is 5.75 Å². The van der Waals surface area contributed by atoms with Gasteiger partial charge in [-0.3, -0.25) is 9.59 Å². The summed E-state index contributed by atoms with van der Waals surface area (Å²) in [6, 6.07) is 8.19. The Hall–Kier alpha value is -2.04. The number of methoxy groups -OCH3 is 1. The van der Waals surface area contributed by atoms with Crippen LogP contribution in [-0.4, -0.2) is 48.4 Å². The largest absolute Gasteiger partial charge is 0.497 e. The molecule has 0 radical (unpaired) electrons. The molecule has 1 aromatic rings. The second-order valence-corrected chi connectivity index (χ2v) is 6.75. The van der Waals surface area contributed by atoms with E-state index in [9.17, 15) is 9.59 Å². The van der Waals surface area contributed by atoms with Crippen molar-refractivity contribution < 1.29 is 14.3 Å². The van der Waals surface area contributed by atoms with Gasteiger partial charge in [-0.25, -0.2) is 0 Å². The summed E-state index contributed by atoms with van der Waals surface area (Å²) >= 11 is 0. The molecule has 0 aliphatic carbocycles. The lowest BCUT2D eigenvalue weighted by molar-refractivity contribution is -0.140. The van der Waals surface area contributed by atoms with E-state index in [-0.39, 0.29) is 23.8 Å². The van der Waals surface area contributed by atoms with Gasteiger partial charge in [0.2, 0.25) is 11.8 Å². The van der Waals surface area contributed by atoms with Gasteiger partial charge in [0.25, 0.3) is 0 Å². The minimum absolute atomic E-state index is 0.0480. The Morgan fingerprint density at radius 2 is 1.88 bits per heavy atom. The lowest BCUT2D eigenvalue weighted by Gasteiger charge is -2.34. The second-order valence-electron chi connectivity index (χ2n) is 6.75. The quantitative estimate of drug-likeness (QED) is 0.856. The van der Waals surface area contributed by atoms with Crippen LogP contribution in [0, 0.1) is 5.92 Å². The fourth-order valence-corrected chi connectivity index (χ4v) is 3.90. The molecular weight excluding hydrogens is 304 g/mol. The summed E-state index contributed by atoms with van der Waals surface area (Å²) in [4.78, 5) is 28.3. The molecule has 2 saturated heterocycles. The van der Waals surface area contributed by atoms with Crippen molar-refractivity contribution in [1.82, 2.24) is 9.80 Å². The Labute approximate surface area is 143 Å². The topological polar surface area (TPSA) is 49.9 Å². The van der Waals surface area contributed by atoms with E-state index < -0.39 is 0 Å². The summed E-state index contributed by atoms with van der Waals surface area (Å²) in [5, 5.41) is 0. The van der Waals surface area contributed by atoms with Crippen LogP contribution in [0.4, 0.5) is 0 Å². The Kier molecular flexibility index (Phi) is 5.07. The molecule has 5 heteroatoms. The summed E-state index contributed by atoms with van der Waals surface area (Å²) in [6.07, 6.45) is 3.60. The highest BCUT2D eigenvalue weighted by Gasteiger charge is 2.35. The molecule has 2 heterocycles. The molecule has 0 aromatic heterocycles. The highest BCUT2D eigenvalue weighted by Crippen LogP contribution is 2.35. The number of carbonyl (C=O) groups excluding carboxylic acids is 2. The van der Waals surface area contributed by atoms with Gasteiger partial charge in [0, 0.05) is 32.5 Å². The number of ether oxygens (including phenoxy) is 1. The van der Waals surface area contributed by atoms with E-state index in [4.69, 9.17) is 4.74 Å². The van der Waals surface area contributed by atoms with Crippen LogP contribution in [0.1, 0.15) is 44.2 Å². The zero-order chi connectivity index (χ0) is 17.1. The molecule has 1 aromatic carbocycles. The van der Waals surface area contributed by atoms with E-state index in [1.165, 1.54) is 0 Å². The molecule has 5 nitrogen and oxygen atoms in total. The van der Waals surface area contributed by atoms with Crippen LogP contribution in [0.2, 0.25) is 0 Å². The van der Waals surface area contributed by atoms with Crippen LogP contribution < -0.4 is 4.74 Å². The Morgan fingerprint density at radius 1 is 1.12 bits per heavy atom. The standard InChI is InChI=1S/C19H26N2O3/c1-14(22)20-11-8-15(9-12-20)19(23)21-10-4-7-18(21)16-5-3-6-17(13-16)24-2/h3,5-6,13,15,18H,4,7-12H2,1-2H3/t18-/m0/s1. The lowest BCUT2D eigenvalue weighted by Crippen LogP contribution is -2.43.